The van der Waals surface area contributed by atoms with Gasteiger partial charge in [-0.2, -0.15) is 0 Å². The van der Waals surface area contributed by atoms with Crippen LogP contribution in [0.5, 0.6) is 0 Å². The molecule has 0 spiro atoms. The zero-order valence-corrected chi connectivity index (χ0v) is 12.5. The SMILES string of the molecule is CC(=O)N1c2ccc(C3=CCNCC3)cc2C[C@@H](C)[C@@H]1F. The normalized spacial score (nSPS) is 25.3. The van der Waals surface area contributed by atoms with Crippen LogP contribution in [0.3, 0.4) is 0 Å². The smallest absolute Gasteiger partial charge is 0.226 e. The van der Waals surface area contributed by atoms with E-state index in [2.05, 4.69) is 17.5 Å². The minimum absolute atomic E-state index is 0.168. The van der Waals surface area contributed by atoms with E-state index < -0.39 is 6.30 Å². The fourth-order valence-corrected chi connectivity index (χ4v) is 3.24. The van der Waals surface area contributed by atoms with Gasteiger partial charge in [0.25, 0.3) is 0 Å². The van der Waals surface area contributed by atoms with Gasteiger partial charge in [0.2, 0.25) is 5.91 Å². The number of rotatable bonds is 1. The quantitative estimate of drug-likeness (QED) is 0.806. The van der Waals surface area contributed by atoms with Crippen molar-refractivity contribution in [3.8, 4) is 0 Å². The Morgan fingerprint density at radius 2 is 2.24 bits per heavy atom. The van der Waals surface area contributed by atoms with E-state index in [4.69, 9.17) is 0 Å². The van der Waals surface area contributed by atoms with Crippen molar-refractivity contribution in [1.29, 1.82) is 0 Å². The second-order valence-electron chi connectivity index (χ2n) is 5.97. The highest BCUT2D eigenvalue weighted by molar-refractivity contribution is 5.93. The number of hydrogen-bond acceptors (Lipinski definition) is 2. The number of amides is 1. The van der Waals surface area contributed by atoms with Crippen molar-refractivity contribution >= 4 is 17.2 Å². The Morgan fingerprint density at radius 1 is 1.43 bits per heavy atom. The molecule has 0 saturated carbocycles. The number of hydrogen-bond donors (Lipinski definition) is 1. The molecule has 0 bridgehead atoms. The van der Waals surface area contributed by atoms with E-state index in [1.807, 2.05) is 19.1 Å². The van der Waals surface area contributed by atoms with Crippen molar-refractivity contribution in [2.45, 2.75) is 33.0 Å². The standard InChI is InChI=1S/C17H21FN2O/c1-11-9-15-10-14(13-5-7-19-8-6-13)3-4-16(15)20(12(2)21)17(11)18/h3-5,10-11,17,19H,6-9H2,1-2H3/t11-,17-/m1/s1. The predicted octanol–water partition coefficient (Wildman–Crippen LogP) is 2.90. The Balaban J connectivity index is 2.00. The average molecular weight is 288 g/mol. The molecule has 0 saturated heterocycles. The molecule has 2 atom stereocenters. The maximum Gasteiger partial charge on any atom is 0.226 e. The summed E-state index contributed by atoms with van der Waals surface area (Å²) >= 11 is 0. The van der Waals surface area contributed by atoms with Gasteiger partial charge in [-0.05, 0) is 48.2 Å². The van der Waals surface area contributed by atoms with Gasteiger partial charge >= 0.3 is 0 Å². The summed E-state index contributed by atoms with van der Waals surface area (Å²) in [5.74, 6) is -0.400. The van der Waals surface area contributed by atoms with Gasteiger partial charge in [0, 0.05) is 25.1 Å². The number of nitrogens with zero attached hydrogens (tertiary/aromatic N) is 1. The maximum atomic E-state index is 14.3. The van der Waals surface area contributed by atoms with E-state index in [1.54, 1.807) is 0 Å². The topological polar surface area (TPSA) is 32.3 Å². The minimum atomic E-state index is -1.22. The monoisotopic (exact) mass is 288 g/mol. The molecule has 3 nitrogen and oxygen atoms in total. The lowest BCUT2D eigenvalue weighted by Gasteiger charge is -2.36. The number of nitrogens with one attached hydrogen (secondary N) is 1. The molecule has 2 aliphatic heterocycles. The summed E-state index contributed by atoms with van der Waals surface area (Å²) in [5.41, 5.74) is 4.33. The summed E-state index contributed by atoms with van der Waals surface area (Å²) in [4.78, 5) is 13.1. The van der Waals surface area contributed by atoms with Crippen molar-refractivity contribution < 1.29 is 9.18 Å². The first-order chi connectivity index (χ1) is 10.1. The molecule has 2 aliphatic rings. The molecule has 1 N–H and O–H groups in total. The first-order valence-electron chi connectivity index (χ1n) is 7.55. The number of fused-ring (bicyclic) bond motifs is 1. The highest BCUT2D eigenvalue weighted by atomic mass is 19.1. The van der Waals surface area contributed by atoms with Crippen LogP contribution >= 0.6 is 0 Å². The largest absolute Gasteiger partial charge is 0.313 e. The molecule has 0 fully saturated rings. The van der Waals surface area contributed by atoms with Crippen LogP contribution in [0.25, 0.3) is 5.57 Å². The van der Waals surface area contributed by atoms with Crippen molar-refractivity contribution in [3.63, 3.8) is 0 Å². The van der Waals surface area contributed by atoms with Crippen LogP contribution in [0.1, 0.15) is 31.4 Å². The zero-order chi connectivity index (χ0) is 15.0. The highest BCUT2D eigenvalue weighted by Gasteiger charge is 2.34. The third-order valence-corrected chi connectivity index (χ3v) is 4.37. The second-order valence-corrected chi connectivity index (χ2v) is 5.97. The van der Waals surface area contributed by atoms with Crippen molar-refractivity contribution in [3.05, 3.63) is 35.4 Å². The van der Waals surface area contributed by atoms with E-state index in [9.17, 15) is 9.18 Å². The van der Waals surface area contributed by atoms with Gasteiger partial charge in [-0.15, -0.1) is 0 Å². The number of carbonyl (C=O) groups is 1. The molecule has 4 heteroatoms. The average Bonchev–Trinajstić information content (AvgIpc) is 2.48. The number of carbonyl (C=O) groups excluding carboxylic acids is 1. The van der Waals surface area contributed by atoms with Gasteiger partial charge < -0.3 is 5.32 Å². The maximum absolute atomic E-state index is 14.3. The highest BCUT2D eigenvalue weighted by Crippen LogP contribution is 2.36. The molecule has 0 unspecified atom stereocenters. The first kappa shape index (κ1) is 14.3. The Hall–Kier alpha value is -1.68. The summed E-state index contributed by atoms with van der Waals surface area (Å²) < 4.78 is 14.3. The van der Waals surface area contributed by atoms with Gasteiger partial charge in [0.15, 0.2) is 6.30 Å². The predicted molar refractivity (Wildman–Crippen MR) is 82.8 cm³/mol. The minimum Gasteiger partial charge on any atom is -0.313 e. The van der Waals surface area contributed by atoms with E-state index in [-0.39, 0.29) is 11.8 Å². The molecule has 1 aromatic carbocycles. The van der Waals surface area contributed by atoms with E-state index in [0.29, 0.717) is 6.42 Å². The molecular weight excluding hydrogens is 267 g/mol. The number of alkyl halides is 1. The van der Waals surface area contributed by atoms with E-state index >= 15 is 0 Å². The molecule has 1 aromatic rings. The molecule has 112 valence electrons. The Morgan fingerprint density at radius 3 is 2.90 bits per heavy atom. The molecule has 0 aromatic heterocycles. The number of benzene rings is 1. The lowest BCUT2D eigenvalue weighted by Crippen LogP contribution is -2.44. The fraction of sp³-hybridized carbons (Fsp3) is 0.471. The first-order valence-corrected chi connectivity index (χ1v) is 7.55. The van der Waals surface area contributed by atoms with Crippen LogP contribution in [0.2, 0.25) is 0 Å². The van der Waals surface area contributed by atoms with Gasteiger partial charge in [0.1, 0.15) is 0 Å². The van der Waals surface area contributed by atoms with Crippen LogP contribution < -0.4 is 10.2 Å². The van der Waals surface area contributed by atoms with Gasteiger partial charge in [0.05, 0.1) is 0 Å². The van der Waals surface area contributed by atoms with E-state index in [1.165, 1.54) is 23.0 Å². The molecule has 3 rings (SSSR count). The Kier molecular flexibility index (Phi) is 3.81. The molecular formula is C17H21FN2O. The van der Waals surface area contributed by atoms with Crippen molar-refractivity contribution in [1.82, 2.24) is 5.32 Å². The third kappa shape index (κ3) is 2.60. The van der Waals surface area contributed by atoms with Gasteiger partial charge in [-0.3, -0.25) is 9.69 Å². The van der Waals surface area contributed by atoms with Crippen LogP contribution in [0.15, 0.2) is 24.3 Å². The van der Waals surface area contributed by atoms with Crippen molar-refractivity contribution in [2.24, 2.45) is 5.92 Å². The Labute approximate surface area is 124 Å². The van der Waals surface area contributed by atoms with Crippen LogP contribution in [-0.4, -0.2) is 25.3 Å². The second kappa shape index (κ2) is 5.60. The van der Waals surface area contributed by atoms with Crippen molar-refractivity contribution in [2.75, 3.05) is 18.0 Å². The summed E-state index contributed by atoms with van der Waals surface area (Å²) in [6.45, 7) is 5.18. The zero-order valence-electron chi connectivity index (χ0n) is 12.5. The lowest BCUT2D eigenvalue weighted by atomic mass is 9.89. The summed E-state index contributed by atoms with van der Waals surface area (Å²) in [7, 11) is 0. The van der Waals surface area contributed by atoms with Crippen LogP contribution in [0, 0.1) is 5.92 Å². The Bertz CT molecular complexity index is 596. The van der Waals surface area contributed by atoms with Crippen LogP contribution in [-0.2, 0) is 11.2 Å². The molecule has 2 heterocycles. The third-order valence-electron chi connectivity index (χ3n) is 4.37. The summed E-state index contributed by atoms with van der Waals surface area (Å²) in [6, 6.07) is 6.03. The van der Waals surface area contributed by atoms with Gasteiger partial charge in [-0.25, -0.2) is 4.39 Å². The number of halogens is 1. The number of anilines is 1. The summed E-state index contributed by atoms with van der Waals surface area (Å²) in [5, 5.41) is 3.30. The molecule has 0 radical (unpaired) electrons. The fourth-order valence-electron chi connectivity index (χ4n) is 3.24. The lowest BCUT2D eigenvalue weighted by molar-refractivity contribution is -0.118. The van der Waals surface area contributed by atoms with E-state index in [0.717, 1.165) is 30.8 Å². The summed E-state index contributed by atoms with van der Waals surface area (Å²) in [6.07, 6.45) is 2.67. The van der Waals surface area contributed by atoms with Gasteiger partial charge in [-0.1, -0.05) is 19.1 Å². The molecule has 0 aliphatic carbocycles. The van der Waals surface area contributed by atoms with Crippen LogP contribution in [0.4, 0.5) is 10.1 Å². The molecule has 1 amide bonds. The molecule has 21 heavy (non-hydrogen) atoms.